The van der Waals surface area contributed by atoms with Crippen LogP contribution in [0.5, 0.6) is 5.75 Å². The van der Waals surface area contributed by atoms with E-state index < -0.39 is 0 Å². The molecule has 0 N–H and O–H groups in total. The second-order valence-corrected chi connectivity index (χ2v) is 3.49. The number of nitrogens with zero attached hydrogens (tertiary/aromatic N) is 1. The van der Waals surface area contributed by atoms with Gasteiger partial charge < -0.3 is 9.47 Å². The van der Waals surface area contributed by atoms with Crippen molar-refractivity contribution in [2.24, 2.45) is 0 Å². The van der Waals surface area contributed by atoms with Gasteiger partial charge in [0.15, 0.2) is 0 Å². The molecule has 0 spiro atoms. The average molecular weight is 214 g/mol. The lowest BCUT2D eigenvalue weighted by molar-refractivity contribution is 0.140. The van der Waals surface area contributed by atoms with E-state index in [0.717, 1.165) is 24.3 Å². The molecule has 1 aromatic rings. The zero-order chi connectivity index (χ0) is 9.80. The van der Waals surface area contributed by atoms with Gasteiger partial charge in [0.2, 0.25) is 0 Å². The van der Waals surface area contributed by atoms with E-state index >= 15 is 0 Å². The third-order valence-electron chi connectivity index (χ3n) is 2.20. The van der Waals surface area contributed by atoms with Gasteiger partial charge in [-0.3, -0.25) is 4.98 Å². The molecule has 4 heteroatoms. The van der Waals surface area contributed by atoms with E-state index in [0.29, 0.717) is 12.5 Å². The molecule has 3 nitrogen and oxygen atoms in total. The molecule has 0 bridgehead atoms. The molecule has 1 atom stereocenters. The Bertz CT molecular complexity index is 300. The second kappa shape index (κ2) is 4.62. The van der Waals surface area contributed by atoms with Gasteiger partial charge in [-0.15, -0.1) is 11.6 Å². The van der Waals surface area contributed by atoms with Gasteiger partial charge in [0.05, 0.1) is 25.3 Å². The predicted octanol–water partition coefficient (Wildman–Crippen LogP) is 1.99. The molecule has 14 heavy (non-hydrogen) atoms. The highest BCUT2D eigenvalue weighted by Gasteiger charge is 2.18. The number of alkyl halides is 1. The smallest absolute Gasteiger partial charge is 0.142 e. The number of pyridine rings is 1. The molecule has 1 aliphatic rings. The topological polar surface area (TPSA) is 31.4 Å². The summed E-state index contributed by atoms with van der Waals surface area (Å²) in [5.74, 6) is 1.23. The van der Waals surface area contributed by atoms with E-state index in [1.54, 1.807) is 12.4 Å². The van der Waals surface area contributed by atoms with Crippen molar-refractivity contribution in [3.8, 4) is 5.75 Å². The Labute approximate surface area is 88.0 Å². The summed E-state index contributed by atoms with van der Waals surface area (Å²) < 4.78 is 10.9. The lowest BCUT2D eigenvalue weighted by Gasteiger charge is -2.13. The third-order valence-corrected chi connectivity index (χ3v) is 2.48. The zero-order valence-electron chi connectivity index (χ0n) is 7.78. The molecule has 1 unspecified atom stereocenters. The largest absolute Gasteiger partial charge is 0.486 e. The molecule has 1 aromatic heterocycles. The fraction of sp³-hybridized carbons (Fsp3) is 0.500. The monoisotopic (exact) mass is 213 g/mol. The molecular weight excluding hydrogens is 202 g/mol. The van der Waals surface area contributed by atoms with Crippen LogP contribution >= 0.6 is 11.6 Å². The van der Waals surface area contributed by atoms with Gasteiger partial charge in [0.25, 0.3) is 0 Å². The minimum absolute atomic E-state index is 0.154. The molecule has 2 rings (SSSR count). The zero-order valence-corrected chi connectivity index (χ0v) is 8.54. The van der Waals surface area contributed by atoms with Crippen molar-refractivity contribution < 1.29 is 9.47 Å². The first kappa shape index (κ1) is 9.74. The highest BCUT2D eigenvalue weighted by atomic mass is 35.5. The lowest BCUT2D eigenvalue weighted by Crippen LogP contribution is -2.16. The maximum absolute atomic E-state index is 5.78. The summed E-state index contributed by atoms with van der Waals surface area (Å²) in [6.45, 7) is 1.44. The van der Waals surface area contributed by atoms with Crippen LogP contribution in [-0.4, -0.2) is 24.3 Å². The SMILES string of the molecule is ClCc1ccncc1OC1CCOC1. The Hall–Kier alpha value is -0.800. The van der Waals surface area contributed by atoms with Crippen molar-refractivity contribution in [2.45, 2.75) is 18.4 Å². The standard InChI is InChI=1S/C10H12ClNO2/c11-5-8-1-3-12-6-10(8)14-9-2-4-13-7-9/h1,3,6,9H,2,4-5,7H2. The summed E-state index contributed by atoms with van der Waals surface area (Å²) >= 11 is 5.78. The third kappa shape index (κ3) is 2.16. The molecule has 0 aliphatic carbocycles. The Balaban J connectivity index is 2.07. The van der Waals surface area contributed by atoms with E-state index in [1.807, 2.05) is 6.07 Å². The van der Waals surface area contributed by atoms with Gasteiger partial charge in [0, 0.05) is 18.2 Å². The molecule has 0 saturated carbocycles. The van der Waals surface area contributed by atoms with Crippen LogP contribution in [0.25, 0.3) is 0 Å². The van der Waals surface area contributed by atoms with Gasteiger partial charge in [-0.05, 0) is 6.07 Å². The summed E-state index contributed by atoms with van der Waals surface area (Å²) in [6, 6.07) is 1.87. The average Bonchev–Trinajstić information content (AvgIpc) is 2.71. The number of aromatic nitrogens is 1. The van der Waals surface area contributed by atoms with E-state index in [1.165, 1.54) is 0 Å². The predicted molar refractivity (Wildman–Crippen MR) is 53.6 cm³/mol. The summed E-state index contributed by atoms with van der Waals surface area (Å²) in [6.07, 6.45) is 4.52. The van der Waals surface area contributed by atoms with E-state index in [-0.39, 0.29) is 6.10 Å². The van der Waals surface area contributed by atoms with Crippen molar-refractivity contribution in [1.29, 1.82) is 0 Å². The van der Waals surface area contributed by atoms with Crippen molar-refractivity contribution in [3.63, 3.8) is 0 Å². The minimum Gasteiger partial charge on any atom is -0.486 e. The summed E-state index contributed by atoms with van der Waals surface area (Å²) in [5.41, 5.74) is 0.980. The van der Waals surface area contributed by atoms with Gasteiger partial charge in [-0.25, -0.2) is 0 Å². The quantitative estimate of drug-likeness (QED) is 0.720. The van der Waals surface area contributed by atoms with Gasteiger partial charge in [0.1, 0.15) is 11.9 Å². The van der Waals surface area contributed by atoms with Crippen LogP contribution in [0.15, 0.2) is 18.5 Å². The molecule has 76 valence electrons. The number of rotatable bonds is 3. The first-order valence-electron chi connectivity index (χ1n) is 4.63. The Morgan fingerprint density at radius 3 is 3.29 bits per heavy atom. The van der Waals surface area contributed by atoms with Crippen LogP contribution in [-0.2, 0) is 10.6 Å². The Morgan fingerprint density at radius 2 is 2.57 bits per heavy atom. The molecule has 0 aromatic carbocycles. The Morgan fingerprint density at radius 1 is 1.64 bits per heavy atom. The molecule has 2 heterocycles. The minimum atomic E-state index is 0.154. The van der Waals surface area contributed by atoms with Crippen molar-refractivity contribution in [1.82, 2.24) is 4.98 Å². The highest BCUT2D eigenvalue weighted by molar-refractivity contribution is 6.17. The number of hydrogen-bond donors (Lipinski definition) is 0. The van der Waals surface area contributed by atoms with Crippen LogP contribution < -0.4 is 4.74 Å². The van der Waals surface area contributed by atoms with Crippen molar-refractivity contribution in [3.05, 3.63) is 24.0 Å². The summed E-state index contributed by atoms with van der Waals surface area (Å²) in [7, 11) is 0. The van der Waals surface area contributed by atoms with E-state index in [2.05, 4.69) is 4.98 Å². The number of ether oxygens (including phenoxy) is 2. The molecule has 0 amide bonds. The first-order valence-corrected chi connectivity index (χ1v) is 5.17. The van der Waals surface area contributed by atoms with Crippen LogP contribution in [0.4, 0.5) is 0 Å². The number of halogens is 1. The van der Waals surface area contributed by atoms with Crippen LogP contribution in [0.2, 0.25) is 0 Å². The van der Waals surface area contributed by atoms with Gasteiger partial charge >= 0.3 is 0 Å². The van der Waals surface area contributed by atoms with Crippen LogP contribution in [0.1, 0.15) is 12.0 Å². The first-order chi connectivity index (χ1) is 6.90. The maximum Gasteiger partial charge on any atom is 0.142 e. The fourth-order valence-corrected chi connectivity index (χ4v) is 1.63. The molecule has 0 radical (unpaired) electrons. The van der Waals surface area contributed by atoms with E-state index in [9.17, 15) is 0 Å². The van der Waals surface area contributed by atoms with Gasteiger partial charge in [-0.1, -0.05) is 0 Å². The van der Waals surface area contributed by atoms with Crippen molar-refractivity contribution in [2.75, 3.05) is 13.2 Å². The molecular formula is C10H12ClNO2. The molecule has 1 saturated heterocycles. The Kier molecular flexibility index (Phi) is 3.22. The van der Waals surface area contributed by atoms with Crippen LogP contribution in [0, 0.1) is 0 Å². The van der Waals surface area contributed by atoms with Crippen LogP contribution in [0.3, 0.4) is 0 Å². The normalized spacial score (nSPS) is 21.1. The highest BCUT2D eigenvalue weighted by Crippen LogP contribution is 2.21. The van der Waals surface area contributed by atoms with Gasteiger partial charge in [-0.2, -0.15) is 0 Å². The summed E-state index contributed by atoms with van der Waals surface area (Å²) in [5, 5.41) is 0. The fourth-order valence-electron chi connectivity index (χ4n) is 1.41. The number of hydrogen-bond acceptors (Lipinski definition) is 3. The van der Waals surface area contributed by atoms with E-state index in [4.69, 9.17) is 21.1 Å². The lowest BCUT2D eigenvalue weighted by atomic mass is 10.2. The second-order valence-electron chi connectivity index (χ2n) is 3.22. The van der Waals surface area contributed by atoms with Crippen molar-refractivity contribution >= 4 is 11.6 Å². The maximum atomic E-state index is 5.78. The summed E-state index contributed by atoms with van der Waals surface area (Å²) in [4.78, 5) is 4.01. The molecule has 1 aliphatic heterocycles. The molecule has 1 fully saturated rings.